The van der Waals surface area contributed by atoms with E-state index in [9.17, 15) is 9.59 Å². The molecule has 2 unspecified atom stereocenters. The van der Waals surface area contributed by atoms with E-state index in [0.29, 0.717) is 11.4 Å². The quantitative estimate of drug-likeness (QED) is 0.760. The number of amides is 2. The Hall–Kier alpha value is -1.79. The number of ether oxygens (including phenoxy) is 1. The van der Waals surface area contributed by atoms with E-state index in [1.165, 1.54) is 0 Å². The molecule has 2 amide bonds. The molecular weight excluding hydrogens is 306 g/mol. The first kappa shape index (κ1) is 18.3. The molecular formula is C15H22ClN3O3. The summed E-state index contributed by atoms with van der Waals surface area (Å²) >= 11 is 0. The number of benzene rings is 1. The van der Waals surface area contributed by atoms with Crippen molar-refractivity contribution in [3.05, 3.63) is 24.3 Å². The molecule has 0 spiro atoms. The van der Waals surface area contributed by atoms with Crippen LogP contribution in [0, 0.1) is 5.92 Å². The third-order valence-corrected chi connectivity index (χ3v) is 3.59. The van der Waals surface area contributed by atoms with Gasteiger partial charge in [-0.2, -0.15) is 0 Å². The van der Waals surface area contributed by atoms with Crippen molar-refractivity contribution in [1.82, 2.24) is 0 Å². The predicted octanol–water partition coefficient (Wildman–Crippen LogP) is 1.43. The first-order chi connectivity index (χ1) is 10.0. The number of primary amides is 1. The van der Waals surface area contributed by atoms with Crippen LogP contribution >= 0.6 is 12.4 Å². The highest BCUT2D eigenvalue weighted by Crippen LogP contribution is 2.25. The van der Waals surface area contributed by atoms with Crippen molar-refractivity contribution in [2.45, 2.75) is 31.7 Å². The van der Waals surface area contributed by atoms with E-state index in [1.54, 1.807) is 24.3 Å². The zero-order chi connectivity index (χ0) is 15.2. The number of nitrogens with one attached hydrogen (secondary N) is 1. The van der Waals surface area contributed by atoms with Crippen molar-refractivity contribution in [1.29, 1.82) is 0 Å². The lowest BCUT2D eigenvalue weighted by Gasteiger charge is -2.25. The minimum absolute atomic E-state index is 0. The molecule has 122 valence electrons. The third-order valence-electron chi connectivity index (χ3n) is 3.59. The van der Waals surface area contributed by atoms with Gasteiger partial charge in [-0.05, 0) is 43.5 Å². The van der Waals surface area contributed by atoms with Gasteiger partial charge in [0.15, 0.2) is 6.61 Å². The van der Waals surface area contributed by atoms with Crippen LogP contribution in [-0.4, -0.2) is 24.5 Å². The van der Waals surface area contributed by atoms with Crippen molar-refractivity contribution in [3.63, 3.8) is 0 Å². The molecule has 1 fully saturated rings. The average Bonchev–Trinajstić information content (AvgIpc) is 2.46. The summed E-state index contributed by atoms with van der Waals surface area (Å²) in [5.41, 5.74) is 11.6. The Bertz CT molecular complexity index is 507. The van der Waals surface area contributed by atoms with Gasteiger partial charge in [-0.25, -0.2) is 0 Å². The number of hydrogen-bond donors (Lipinski definition) is 3. The Balaban J connectivity index is 0.00000242. The fourth-order valence-corrected chi connectivity index (χ4v) is 2.50. The van der Waals surface area contributed by atoms with Crippen LogP contribution in [0.5, 0.6) is 5.75 Å². The van der Waals surface area contributed by atoms with Crippen LogP contribution in [0.4, 0.5) is 5.69 Å². The lowest BCUT2D eigenvalue weighted by Crippen LogP contribution is -2.34. The van der Waals surface area contributed by atoms with Gasteiger partial charge < -0.3 is 21.5 Å². The number of hydrogen-bond acceptors (Lipinski definition) is 4. The molecule has 0 radical (unpaired) electrons. The van der Waals surface area contributed by atoms with Gasteiger partial charge in [-0.3, -0.25) is 9.59 Å². The lowest BCUT2D eigenvalue weighted by molar-refractivity contribution is -0.121. The molecule has 0 bridgehead atoms. The summed E-state index contributed by atoms with van der Waals surface area (Å²) in [5, 5.41) is 2.88. The number of carbonyl (C=O) groups excluding carboxylic acids is 2. The van der Waals surface area contributed by atoms with Gasteiger partial charge in [0.1, 0.15) is 5.75 Å². The van der Waals surface area contributed by atoms with Gasteiger partial charge in [0.25, 0.3) is 5.91 Å². The first-order valence-corrected chi connectivity index (χ1v) is 7.12. The van der Waals surface area contributed by atoms with E-state index in [2.05, 4.69) is 5.32 Å². The number of nitrogens with two attached hydrogens (primary N) is 2. The van der Waals surface area contributed by atoms with Crippen molar-refractivity contribution in [2.75, 3.05) is 11.9 Å². The highest BCUT2D eigenvalue weighted by molar-refractivity contribution is 5.92. The molecule has 1 aliphatic rings. The minimum Gasteiger partial charge on any atom is -0.484 e. The minimum atomic E-state index is -0.527. The maximum absolute atomic E-state index is 12.2. The molecule has 2 rings (SSSR count). The fraction of sp³-hybridized carbons (Fsp3) is 0.467. The van der Waals surface area contributed by atoms with Gasteiger partial charge >= 0.3 is 0 Å². The van der Waals surface area contributed by atoms with E-state index >= 15 is 0 Å². The van der Waals surface area contributed by atoms with Crippen molar-refractivity contribution in [2.24, 2.45) is 17.4 Å². The predicted molar refractivity (Wildman–Crippen MR) is 86.9 cm³/mol. The zero-order valence-corrected chi connectivity index (χ0v) is 13.1. The number of rotatable bonds is 5. The van der Waals surface area contributed by atoms with Crippen molar-refractivity contribution >= 4 is 29.9 Å². The summed E-state index contributed by atoms with van der Waals surface area (Å²) in [6.07, 6.45) is 3.62. The number of anilines is 1. The molecule has 1 aromatic rings. The Kier molecular flexibility index (Phi) is 7.14. The third kappa shape index (κ3) is 5.54. The summed E-state index contributed by atoms with van der Waals surface area (Å²) < 4.78 is 5.15. The van der Waals surface area contributed by atoms with Crippen molar-refractivity contribution in [3.8, 4) is 5.75 Å². The van der Waals surface area contributed by atoms with Crippen LogP contribution in [0.1, 0.15) is 25.7 Å². The molecule has 0 aromatic heterocycles. The lowest BCUT2D eigenvalue weighted by atomic mass is 9.85. The fourth-order valence-electron chi connectivity index (χ4n) is 2.50. The van der Waals surface area contributed by atoms with Crippen LogP contribution in [0.25, 0.3) is 0 Å². The Morgan fingerprint density at radius 3 is 2.50 bits per heavy atom. The van der Waals surface area contributed by atoms with E-state index in [-0.39, 0.29) is 36.9 Å². The molecule has 6 nitrogen and oxygen atoms in total. The molecule has 1 aliphatic carbocycles. The van der Waals surface area contributed by atoms with Crippen LogP contribution in [0.3, 0.4) is 0 Å². The molecule has 5 N–H and O–H groups in total. The number of halogens is 1. The maximum Gasteiger partial charge on any atom is 0.255 e. The largest absolute Gasteiger partial charge is 0.484 e. The Morgan fingerprint density at radius 1 is 1.23 bits per heavy atom. The first-order valence-electron chi connectivity index (χ1n) is 7.12. The van der Waals surface area contributed by atoms with Gasteiger partial charge in [0.05, 0.1) is 0 Å². The van der Waals surface area contributed by atoms with Gasteiger partial charge in [0.2, 0.25) is 5.91 Å². The molecule has 0 saturated heterocycles. The van der Waals surface area contributed by atoms with E-state index in [0.717, 1.165) is 25.7 Å². The summed E-state index contributed by atoms with van der Waals surface area (Å²) in [6, 6.07) is 6.96. The topological polar surface area (TPSA) is 107 Å². The zero-order valence-electron chi connectivity index (χ0n) is 12.3. The summed E-state index contributed by atoms with van der Waals surface area (Å²) in [7, 11) is 0. The SMILES string of the molecule is Cl.NC(=O)COc1ccc(NC(=O)C2CCCC(N)C2)cc1. The molecule has 22 heavy (non-hydrogen) atoms. The van der Waals surface area contributed by atoms with Crippen LogP contribution in [-0.2, 0) is 9.59 Å². The normalized spacial score (nSPS) is 20.6. The number of carbonyl (C=O) groups is 2. The summed E-state index contributed by atoms with van der Waals surface area (Å²) in [6.45, 7) is -0.161. The second-order valence-corrected chi connectivity index (χ2v) is 5.39. The van der Waals surface area contributed by atoms with Crippen LogP contribution < -0.4 is 21.5 Å². The smallest absolute Gasteiger partial charge is 0.255 e. The Morgan fingerprint density at radius 2 is 1.91 bits per heavy atom. The monoisotopic (exact) mass is 327 g/mol. The van der Waals surface area contributed by atoms with E-state index in [4.69, 9.17) is 16.2 Å². The van der Waals surface area contributed by atoms with Crippen molar-refractivity contribution < 1.29 is 14.3 Å². The van der Waals surface area contributed by atoms with E-state index in [1.807, 2.05) is 0 Å². The molecule has 7 heteroatoms. The average molecular weight is 328 g/mol. The molecule has 0 heterocycles. The maximum atomic E-state index is 12.2. The highest BCUT2D eigenvalue weighted by atomic mass is 35.5. The van der Waals surface area contributed by atoms with Gasteiger partial charge in [-0.15, -0.1) is 12.4 Å². The summed E-state index contributed by atoms with van der Waals surface area (Å²) in [4.78, 5) is 22.8. The van der Waals surface area contributed by atoms with Gasteiger partial charge in [-0.1, -0.05) is 6.42 Å². The molecule has 1 saturated carbocycles. The second kappa shape index (κ2) is 8.60. The summed E-state index contributed by atoms with van der Waals surface area (Å²) in [5.74, 6) is 0.00277. The van der Waals surface area contributed by atoms with Gasteiger partial charge in [0, 0.05) is 17.6 Å². The molecule has 2 atom stereocenters. The molecule has 0 aliphatic heterocycles. The molecule has 1 aromatic carbocycles. The van der Waals surface area contributed by atoms with Crippen LogP contribution in [0.15, 0.2) is 24.3 Å². The van der Waals surface area contributed by atoms with Crippen LogP contribution in [0.2, 0.25) is 0 Å². The Labute approximate surface area is 136 Å². The second-order valence-electron chi connectivity index (χ2n) is 5.39. The highest BCUT2D eigenvalue weighted by Gasteiger charge is 2.25. The standard InChI is InChI=1S/C15H21N3O3.ClH/c16-11-3-1-2-10(8-11)15(20)18-12-4-6-13(7-5-12)21-9-14(17)19;/h4-7,10-11H,1-3,8-9,16H2,(H2,17,19)(H,18,20);1H. The van der Waals surface area contributed by atoms with E-state index < -0.39 is 5.91 Å².